The normalized spacial score (nSPS) is 18.9. The lowest BCUT2D eigenvalue weighted by Gasteiger charge is -2.40. The molecule has 1 amide bonds. The van der Waals surface area contributed by atoms with Gasteiger partial charge in [0.2, 0.25) is 0 Å². The van der Waals surface area contributed by atoms with Gasteiger partial charge in [0.15, 0.2) is 0 Å². The minimum Gasteiger partial charge on any atom is -0.333 e. The van der Waals surface area contributed by atoms with Crippen molar-refractivity contribution in [2.75, 3.05) is 19.6 Å². The van der Waals surface area contributed by atoms with Crippen molar-refractivity contribution >= 4 is 21.8 Å². The molecule has 1 heterocycles. The molecule has 3 nitrogen and oxygen atoms in total. The van der Waals surface area contributed by atoms with Gasteiger partial charge in [-0.25, -0.2) is 0 Å². The van der Waals surface area contributed by atoms with E-state index < -0.39 is 0 Å². The fourth-order valence-corrected chi connectivity index (χ4v) is 3.51. The number of nitrogens with zero attached hydrogens (tertiary/aromatic N) is 2. The van der Waals surface area contributed by atoms with Crippen LogP contribution < -0.4 is 0 Å². The zero-order valence-electron chi connectivity index (χ0n) is 13.3. The number of hydrogen-bond donors (Lipinski definition) is 0. The van der Waals surface area contributed by atoms with E-state index in [0.29, 0.717) is 0 Å². The average Bonchev–Trinajstić information content (AvgIpc) is 2.55. The van der Waals surface area contributed by atoms with Crippen LogP contribution in [-0.2, 0) is 6.54 Å². The van der Waals surface area contributed by atoms with Crippen LogP contribution in [0.25, 0.3) is 0 Å². The summed E-state index contributed by atoms with van der Waals surface area (Å²) in [7, 11) is 0. The lowest BCUT2D eigenvalue weighted by atomic mass is 10.1. The first kappa shape index (κ1) is 16.2. The summed E-state index contributed by atoms with van der Waals surface area (Å²) in [6.45, 7) is 5.68. The first-order chi connectivity index (χ1) is 11.1. The monoisotopic (exact) mass is 372 g/mol. The minimum absolute atomic E-state index is 0.123. The molecule has 3 rings (SSSR count). The van der Waals surface area contributed by atoms with Gasteiger partial charge in [-0.3, -0.25) is 9.69 Å². The van der Waals surface area contributed by atoms with E-state index in [1.165, 1.54) is 5.56 Å². The summed E-state index contributed by atoms with van der Waals surface area (Å²) in [5.74, 6) is 0.123. The van der Waals surface area contributed by atoms with E-state index in [-0.39, 0.29) is 11.9 Å². The highest BCUT2D eigenvalue weighted by molar-refractivity contribution is 9.10. The Morgan fingerprint density at radius 3 is 2.61 bits per heavy atom. The highest BCUT2D eigenvalue weighted by Gasteiger charge is 2.28. The van der Waals surface area contributed by atoms with Crippen molar-refractivity contribution in [1.82, 2.24) is 9.80 Å². The number of carbonyl (C=O) groups is 1. The lowest BCUT2D eigenvalue weighted by molar-refractivity contribution is 0.0475. The van der Waals surface area contributed by atoms with E-state index >= 15 is 0 Å². The molecular formula is C19H21BrN2O. The topological polar surface area (TPSA) is 23.6 Å². The van der Waals surface area contributed by atoms with Crippen LogP contribution in [-0.4, -0.2) is 41.4 Å². The molecule has 120 valence electrons. The summed E-state index contributed by atoms with van der Waals surface area (Å²) in [5, 5.41) is 0. The molecule has 0 spiro atoms. The number of rotatable bonds is 3. The summed E-state index contributed by atoms with van der Waals surface area (Å²) >= 11 is 3.44. The standard InChI is InChI=1S/C19H21BrN2O/c1-15-13-21(14-16-6-3-2-4-7-16)10-11-22(15)19(23)17-8-5-9-18(20)12-17/h2-9,12,15H,10-11,13-14H2,1H3/t15-/m1/s1. The molecule has 0 aromatic heterocycles. The summed E-state index contributed by atoms with van der Waals surface area (Å²) < 4.78 is 0.943. The lowest BCUT2D eigenvalue weighted by Crippen LogP contribution is -2.53. The van der Waals surface area contributed by atoms with Crippen molar-refractivity contribution in [3.63, 3.8) is 0 Å². The molecule has 1 fully saturated rings. The van der Waals surface area contributed by atoms with Gasteiger partial charge in [-0.05, 0) is 30.7 Å². The highest BCUT2D eigenvalue weighted by atomic mass is 79.9. The van der Waals surface area contributed by atoms with Crippen LogP contribution in [0.15, 0.2) is 59.1 Å². The number of piperazine rings is 1. The van der Waals surface area contributed by atoms with Crippen molar-refractivity contribution in [1.29, 1.82) is 0 Å². The maximum absolute atomic E-state index is 12.7. The molecule has 1 aliphatic rings. The smallest absolute Gasteiger partial charge is 0.254 e. The van der Waals surface area contributed by atoms with E-state index in [1.54, 1.807) is 0 Å². The molecule has 1 atom stereocenters. The minimum atomic E-state index is 0.123. The second kappa shape index (κ2) is 7.28. The van der Waals surface area contributed by atoms with Gasteiger partial charge < -0.3 is 4.90 Å². The van der Waals surface area contributed by atoms with Gasteiger partial charge in [0.05, 0.1) is 0 Å². The zero-order chi connectivity index (χ0) is 16.2. The SMILES string of the molecule is C[C@@H]1CN(Cc2ccccc2)CCN1C(=O)c1cccc(Br)c1. The van der Waals surface area contributed by atoms with E-state index in [0.717, 1.165) is 36.2 Å². The molecule has 0 unspecified atom stereocenters. The molecule has 0 radical (unpaired) electrons. The van der Waals surface area contributed by atoms with E-state index in [2.05, 4.69) is 52.0 Å². The molecule has 1 saturated heterocycles. The second-order valence-electron chi connectivity index (χ2n) is 6.08. The molecular weight excluding hydrogens is 352 g/mol. The Morgan fingerprint density at radius 2 is 1.91 bits per heavy atom. The molecule has 0 bridgehead atoms. The summed E-state index contributed by atoms with van der Waals surface area (Å²) in [6.07, 6.45) is 0. The second-order valence-corrected chi connectivity index (χ2v) is 6.99. The van der Waals surface area contributed by atoms with Crippen LogP contribution in [0, 0.1) is 0 Å². The van der Waals surface area contributed by atoms with Crippen molar-refractivity contribution < 1.29 is 4.79 Å². The number of benzene rings is 2. The molecule has 2 aromatic carbocycles. The average molecular weight is 373 g/mol. The van der Waals surface area contributed by atoms with Crippen LogP contribution in [0.1, 0.15) is 22.8 Å². The molecule has 2 aromatic rings. The summed E-state index contributed by atoms with van der Waals surface area (Å²) in [5.41, 5.74) is 2.08. The third-order valence-corrected chi connectivity index (χ3v) is 4.79. The van der Waals surface area contributed by atoms with Crippen molar-refractivity contribution in [2.24, 2.45) is 0 Å². The number of carbonyl (C=O) groups excluding carboxylic acids is 1. The molecule has 0 N–H and O–H groups in total. The van der Waals surface area contributed by atoms with Crippen LogP contribution in [0.4, 0.5) is 0 Å². The van der Waals surface area contributed by atoms with Crippen molar-refractivity contribution in [2.45, 2.75) is 19.5 Å². The van der Waals surface area contributed by atoms with Crippen molar-refractivity contribution in [3.8, 4) is 0 Å². The van der Waals surface area contributed by atoms with Crippen LogP contribution >= 0.6 is 15.9 Å². The number of hydrogen-bond acceptors (Lipinski definition) is 2. The van der Waals surface area contributed by atoms with E-state index in [1.807, 2.05) is 35.2 Å². The largest absolute Gasteiger partial charge is 0.333 e. The molecule has 0 saturated carbocycles. The van der Waals surface area contributed by atoms with Gasteiger partial charge in [-0.15, -0.1) is 0 Å². The Bertz CT molecular complexity index is 674. The van der Waals surface area contributed by atoms with Gasteiger partial charge in [-0.2, -0.15) is 0 Å². The van der Waals surface area contributed by atoms with Gasteiger partial charge in [0, 0.05) is 42.3 Å². The Kier molecular flexibility index (Phi) is 5.13. The Labute approximate surface area is 146 Å². The van der Waals surface area contributed by atoms with Crippen LogP contribution in [0.2, 0.25) is 0 Å². The Morgan fingerprint density at radius 1 is 1.13 bits per heavy atom. The predicted octanol–water partition coefficient (Wildman–Crippen LogP) is 3.80. The maximum Gasteiger partial charge on any atom is 0.254 e. The maximum atomic E-state index is 12.7. The molecule has 0 aliphatic carbocycles. The first-order valence-corrected chi connectivity index (χ1v) is 8.75. The summed E-state index contributed by atoms with van der Waals surface area (Å²) in [6, 6.07) is 18.4. The van der Waals surface area contributed by atoms with Gasteiger partial charge in [-0.1, -0.05) is 52.3 Å². The fraction of sp³-hybridized carbons (Fsp3) is 0.316. The van der Waals surface area contributed by atoms with Gasteiger partial charge in [0.25, 0.3) is 5.91 Å². The summed E-state index contributed by atoms with van der Waals surface area (Å²) in [4.78, 5) is 17.1. The zero-order valence-corrected chi connectivity index (χ0v) is 14.9. The number of halogens is 1. The first-order valence-electron chi connectivity index (χ1n) is 7.96. The highest BCUT2D eigenvalue weighted by Crippen LogP contribution is 2.18. The van der Waals surface area contributed by atoms with Crippen LogP contribution in [0.3, 0.4) is 0 Å². The fourth-order valence-electron chi connectivity index (χ4n) is 3.11. The predicted molar refractivity (Wildman–Crippen MR) is 96.4 cm³/mol. The quantitative estimate of drug-likeness (QED) is 0.817. The molecule has 1 aliphatic heterocycles. The van der Waals surface area contributed by atoms with Crippen LogP contribution in [0.5, 0.6) is 0 Å². The third-order valence-electron chi connectivity index (χ3n) is 4.29. The Hall–Kier alpha value is -1.65. The molecule has 4 heteroatoms. The third kappa shape index (κ3) is 4.01. The van der Waals surface area contributed by atoms with Gasteiger partial charge >= 0.3 is 0 Å². The Balaban J connectivity index is 1.63. The van der Waals surface area contributed by atoms with Crippen molar-refractivity contribution in [3.05, 3.63) is 70.2 Å². The van der Waals surface area contributed by atoms with E-state index in [9.17, 15) is 4.79 Å². The number of amides is 1. The molecule has 23 heavy (non-hydrogen) atoms. The van der Waals surface area contributed by atoms with Gasteiger partial charge in [0.1, 0.15) is 0 Å². The van der Waals surface area contributed by atoms with E-state index in [4.69, 9.17) is 0 Å².